The summed E-state index contributed by atoms with van der Waals surface area (Å²) < 4.78 is 5.24. The first kappa shape index (κ1) is 15.8. The number of hydrogen-bond donors (Lipinski definition) is 2. The van der Waals surface area contributed by atoms with Gasteiger partial charge in [-0.05, 0) is 25.5 Å². The van der Waals surface area contributed by atoms with Crippen molar-refractivity contribution in [2.45, 2.75) is 13.3 Å². The minimum Gasteiger partial charge on any atom is -0.483 e. The van der Waals surface area contributed by atoms with Gasteiger partial charge in [0.2, 0.25) is 0 Å². The average Bonchev–Trinajstić information content (AvgIpc) is 2.88. The SMILES string of the molecule is CC1(C(=O)O)CCN(C(=O)c2ccccc2OCC(N)=O)C1. The maximum Gasteiger partial charge on any atom is 0.311 e. The third kappa shape index (κ3) is 3.19. The lowest BCUT2D eigenvalue weighted by Crippen LogP contribution is -2.35. The summed E-state index contributed by atoms with van der Waals surface area (Å²) >= 11 is 0. The second-order valence-electron chi connectivity index (χ2n) is 5.59. The molecule has 7 heteroatoms. The van der Waals surface area contributed by atoms with Crippen LogP contribution < -0.4 is 10.5 Å². The maximum atomic E-state index is 12.6. The Bertz CT molecular complexity index is 616. The van der Waals surface area contributed by atoms with Crippen molar-refractivity contribution < 1.29 is 24.2 Å². The van der Waals surface area contributed by atoms with Gasteiger partial charge in [-0.2, -0.15) is 0 Å². The molecule has 1 aliphatic rings. The fourth-order valence-electron chi connectivity index (χ4n) is 2.40. The number of nitrogens with zero attached hydrogens (tertiary/aromatic N) is 1. The summed E-state index contributed by atoms with van der Waals surface area (Å²) in [5.74, 6) is -1.61. The first-order chi connectivity index (χ1) is 10.3. The van der Waals surface area contributed by atoms with E-state index < -0.39 is 17.3 Å². The summed E-state index contributed by atoms with van der Waals surface area (Å²) in [7, 11) is 0. The van der Waals surface area contributed by atoms with Crippen LogP contribution in [0.25, 0.3) is 0 Å². The Morgan fingerprint density at radius 2 is 2.05 bits per heavy atom. The molecule has 3 N–H and O–H groups in total. The van der Waals surface area contributed by atoms with Gasteiger partial charge in [-0.25, -0.2) is 0 Å². The van der Waals surface area contributed by atoms with Gasteiger partial charge >= 0.3 is 5.97 Å². The lowest BCUT2D eigenvalue weighted by molar-refractivity contribution is -0.147. The number of primary amides is 1. The summed E-state index contributed by atoms with van der Waals surface area (Å²) in [4.78, 5) is 36.1. The first-order valence-electron chi connectivity index (χ1n) is 6.86. The molecular weight excluding hydrogens is 288 g/mol. The number of nitrogens with two attached hydrogens (primary N) is 1. The van der Waals surface area contributed by atoms with Gasteiger partial charge in [-0.15, -0.1) is 0 Å². The number of carbonyl (C=O) groups is 3. The molecule has 1 saturated heterocycles. The van der Waals surface area contributed by atoms with E-state index in [1.165, 1.54) is 4.90 Å². The Morgan fingerprint density at radius 3 is 2.64 bits per heavy atom. The Hall–Kier alpha value is -2.57. The third-order valence-electron chi connectivity index (χ3n) is 3.76. The minimum atomic E-state index is -0.932. The standard InChI is InChI=1S/C15H18N2O5/c1-15(14(20)21)6-7-17(9-15)13(19)10-4-2-3-5-11(10)22-8-12(16)18/h2-5H,6-9H2,1H3,(H2,16,18)(H,20,21). The van der Waals surface area contributed by atoms with Gasteiger partial charge in [-0.3, -0.25) is 14.4 Å². The van der Waals surface area contributed by atoms with Crippen LogP contribution in [0.15, 0.2) is 24.3 Å². The number of ether oxygens (including phenoxy) is 1. The fourth-order valence-corrected chi connectivity index (χ4v) is 2.40. The van der Waals surface area contributed by atoms with Crippen LogP contribution >= 0.6 is 0 Å². The number of benzene rings is 1. The number of rotatable bonds is 5. The van der Waals surface area contributed by atoms with Crippen LogP contribution in [0.3, 0.4) is 0 Å². The van der Waals surface area contributed by atoms with Gasteiger partial charge in [-0.1, -0.05) is 12.1 Å². The summed E-state index contributed by atoms with van der Waals surface area (Å²) in [5.41, 5.74) is 4.39. The lowest BCUT2D eigenvalue weighted by Gasteiger charge is -2.21. The second-order valence-corrected chi connectivity index (χ2v) is 5.59. The van der Waals surface area contributed by atoms with Crippen molar-refractivity contribution in [3.8, 4) is 5.75 Å². The molecule has 2 rings (SSSR count). The van der Waals surface area contributed by atoms with E-state index in [2.05, 4.69) is 0 Å². The number of aliphatic carboxylic acids is 1. The highest BCUT2D eigenvalue weighted by Gasteiger charge is 2.42. The molecule has 7 nitrogen and oxygen atoms in total. The van der Waals surface area contributed by atoms with Crippen LogP contribution in [-0.4, -0.2) is 47.5 Å². The van der Waals surface area contributed by atoms with E-state index in [0.29, 0.717) is 18.5 Å². The van der Waals surface area contributed by atoms with E-state index in [9.17, 15) is 19.5 Å². The number of carboxylic acids is 1. The van der Waals surface area contributed by atoms with Crippen molar-refractivity contribution in [3.05, 3.63) is 29.8 Å². The van der Waals surface area contributed by atoms with Gasteiger partial charge < -0.3 is 20.5 Å². The zero-order valence-corrected chi connectivity index (χ0v) is 12.2. The number of amides is 2. The Morgan fingerprint density at radius 1 is 1.36 bits per heavy atom. The van der Waals surface area contributed by atoms with Gasteiger partial charge in [0.15, 0.2) is 6.61 Å². The average molecular weight is 306 g/mol. The van der Waals surface area contributed by atoms with Crippen molar-refractivity contribution in [2.24, 2.45) is 11.1 Å². The molecule has 1 unspecified atom stereocenters. The number of carbonyl (C=O) groups excluding carboxylic acids is 2. The molecule has 1 aliphatic heterocycles. The zero-order chi connectivity index (χ0) is 16.3. The molecule has 0 aliphatic carbocycles. The van der Waals surface area contributed by atoms with E-state index in [1.807, 2.05) is 0 Å². The highest BCUT2D eigenvalue weighted by molar-refractivity contribution is 5.97. The first-order valence-corrected chi connectivity index (χ1v) is 6.86. The topological polar surface area (TPSA) is 110 Å². The van der Waals surface area contributed by atoms with Crippen molar-refractivity contribution in [1.29, 1.82) is 0 Å². The van der Waals surface area contributed by atoms with E-state index in [1.54, 1.807) is 31.2 Å². The van der Waals surface area contributed by atoms with Crippen LogP contribution in [0.4, 0.5) is 0 Å². The molecule has 0 aromatic heterocycles. The lowest BCUT2D eigenvalue weighted by atomic mass is 9.90. The molecular formula is C15H18N2O5. The fraction of sp³-hybridized carbons (Fsp3) is 0.400. The maximum absolute atomic E-state index is 12.6. The Labute approximate surface area is 127 Å². The molecule has 0 bridgehead atoms. The summed E-state index contributed by atoms with van der Waals surface area (Å²) in [6.07, 6.45) is 0.401. The van der Waals surface area contributed by atoms with E-state index in [4.69, 9.17) is 10.5 Å². The number of hydrogen-bond acceptors (Lipinski definition) is 4. The molecule has 1 aromatic rings. The summed E-state index contributed by atoms with van der Waals surface area (Å²) in [6.45, 7) is 1.81. The molecule has 0 spiro atoms. The minimum absolute atomic E-state index is 0.144. The number of para-hydroxylation sites is 1. The quantitative estimate of drug-likeness (QED) is 0.822. The number of likely N-dealkylation sites (tertiary alicyclic amines) is 1. The highest BCUT2D eigenvalue weighted by Crippen LogP contribution is 2.32. The summed E-state index contributed by atoms with van der Waals surface area (Å²) in [5, 5.41) is 9.23. The van der Waals surface area contributed by atoms with Crippen LogP contribution in [-0.2, 0) is 9.59 Å². The molecule has 1 aromatic carbocycles. The molecule has 118 valence electrons. The largest absolute Gasteiger partial charge is 0.483 e. The van der Waals surface area contributed by atoms with Crippen molar-refractivity contribution in [1.82, 2.24) is 4.90 Å². The van der Waals surface area contributed by atoms with E-state index in [-0.39, 0.29) is 24.8 Å². The monoisotopic (exact) mass is 306 g/mol. The molecule has 1 fully saturated rings. The smallest absolute Gasteiger partial charge is 0.311 e. The highest BCUT2D eigenvalue weighted by atomic mass is 16.5. The molecule has 2 amide bonds. The van der Waals surface area contributed by atoms with E-state index >= 15 is 0 Å². The number of carboxylic acid groups (broad SMARTS) is 1. The predicted octanol–water partition coefficient (Wildman–Crippen LogP) is 0.488. The third-order valence-corrected chi connectivity index (χ3v) is 3.76. The zero-order valence-electron chi connectivity index (χ0n) is 12.2. The molecule has 0 radical (unpaired) electrons. The van der Waals surface area contributed by atoms with Crippen molar-refractivity contribution >= 4 is 17.8 Å². The van der Waals surface area contributed by atoms with Crippen LogP contribution in [0, 0.1) is 5.41 Å². The van der Waals surface area contributed by atoms with Crippen LogP contribution in [0.2, 0.25) is 0 Å². The predicted molar refractivity (Wildman–Crippen MR) is 77.4 cm³/mol. The van der Waals surface area contributed by atoms with Crippen LogP contribution in [0.5, 0.6) is 5.75 Å². The van der Waals surface area contributed by atoms with Gasteiger partial charge in [0.1, 0.15) is 5.75 Å². The molecule has 1 heterocycles. The Balaban J connectivity index is 2.17. The molecule has 0 saturated carbocycles. The molecule has 22 heavy (non-hydrogen) atoms. The van der Waals surface area contributed by atoms with E-state index in [0.717, 1.165) is 0 Å². The summed E-state index contributed by atoms with van der Waals surface area (Å²) in [6, 6.07) is 6.51. The second kappa shape index (κ2) is 6.05. The van der Waals surface area contributed by atoms with Crippen molar-refractivity contribution in [2.75, 3.05) is 19.7 Å². The van der Waals surface area contributed by atoms with Crippen molar-refractivity contribution in [3.63, 3.8) is 0 Å². The van der Waals surface area contributed by atoms with Crippen LogP contribution in [0.1, 0.15) is 23.7 Å². The molecule has 1 atom stereocenters. The Kier molecular flexibility index (Phi) is 4.35. The van der Waals surface area contributed by atoms with Gasteiger partial charge in [0.25, 0.3) is 11.8 Å². The van der Waals surface area contributed by atoms with Gasteiger partial charge in [0, 0.05) is 13.1 Å². The normalized spacial score (nSPS) is 20.7. The van der Waals surface area contributed by atoms with Gasteiger partial charge in [0.05, 0.1) is 11.0 Å².